The minimum absolute atomic E-state index is 0.0266. The number of benzene rings is 1. The maximum Gasteiger partial charge on any atom is 0.313 e. The summed E-state index contributed by atoms with van der Waals surface area (Å²) >= 11 is 1.20. The van der Waals surface area contributed by atoms with Crippen molar-refractivity contribution < 1.29 is 14.4 Å². The Morgan fingerprint density at radius 2 is 2.24 bits per heavy atom. The Kier molecular flexibility index (Phi) is 3.66. The highest BCUT2D eigenvalue weighted by atomic mass is 32.2. The summed E-state index contributed by atoms with van der Waals surface area (Å²) in [5.41, 5.74) is 2.57. The highest BCUT2D eigenvalue weighted by Gasteiger charge is 2.14. The monoisotopic (exact) mass is 303 g/mol. The zero-order valence-electron chi connectivity index (χ0n) is 11.3. The van der Waals surface area contributed by atoms with Crippen molar-refractivity contribution in [2.24, 2.45) is 0 Å². The minimum Gasteiger partial charge on any atom is -0.481 e. The van der Waals surface area contributed by atoms with Gasteiger partial charge in [0.2, 0.25) is 0 Å². The Bertz CT molecular complexity index is 794. The highest BCUT2D eigenvalue weighted by molar-refractivity contribution is 7.99. The number of carbonyl (C=O) groups is 1. The van der Waals surface area contributed by atoms with Gasteiger partial charge in [-0.05, 0) is 19.1 Å². The number of thioether (sulfide) groups is 1. The maximum atomic E-state index is 10.8. The number of aromatic nitrogens is 3. The fourth-order valence-electron chi connectivity index (χ4n) is 2.10. The highest BCUT2D eigenvalue weighted by Crippen LogP contribution is 2.25. The molecular formula is C14H13N3O3S. The van der Waals surface area contributed by atoms with E-state index in [1.807, 2.05) is 41.8 Å². The average molecular weight is 303 g/mol. The zero-order chi connectivity index (χ0) is 14.8. The van der Waals surface area contributed by atoms with Crippen LogP contribution in [0.2, 0.25) is 0 Å². The molecule has 1 N–H and O–H groups in total. The van der Waals surface area contributed by atoms with Crippen LogP contribution >= 0.6 is 11.8 Å². The van der Waals surface area contributed by atoms with Crippen molar-refractivity contribution in [3.63, 3.8) is 0 Å². The number of hydrogen-bond donors (Lipinski definition) is 1. The summed E-state index contributed by atoms with van der Waals surface area (Å²) in [7, 11) is 0. The van der Waals surface area contributed by atoms with Crippen LogP contribution in [0.1, 0.15) is 11.5 Å². The number of fused-ring (bicyclic) bond motifs is 1. The molecule has 0 amide bonds. The van der Waals surface area contributed by atoms with Gasteiger partial charge in [0.1, 0.15) is 11.5 Å². The van der Waals surface area contributed by atoms with Gasteiger partial charge in [0.15, 0.2) is 5.16 Å². The van der Waals surface area contributed by atoms with Crippen molar-refractivity contribution in [2.45, 2.75) is 18.6 Å². The molecule has 0 aliphatic rings. The second-order valence-electron chi connectivity index (χ2n) is 4.58. The first kappa shape index (κ1) is 13.7. The minimum atomic E-state index is -0.865. The molecule has 0 aliphatic heterocycles. The fraction of sp³-hybridized carbons (Fsp3) is 0.214. The Morgan fingerprint density at radius 1 is 1.43 bits per heavy atom. The van der Waals surface area contributed by atoms with Crippen molar-refractivity contribution in [2.75, 3.05) is 5.75 Å². The molecule has 3 rings (SSSR count). The molecule has 0 spiro atoms. The number of imidazole rings is 1. The predicted octanol–water partition coefficient (Wildman–Crippen LogP) is 2.56. The van der Waals surface area contributed by atoms with Crippen LogP contribution in [0.3, 0.4) is 0 Å². The van der Waals surface area contributed by atoms with Crippen LogP contribution in [0.25, 0.3) is 11.0 Å². The van der Waals surface area contributed by atoms with E-state index in [0.717, 1.165) is 22.5 Å². The summed E-state index contributed by atoms with van der Waals surface area (Å²) in [5.74, 6) is -0.147. The first-order valence-corrected chi connectivity index (χ1v) is 7.34. The standard InChI is InChI=1S/C14H13N3O3S/c1-9-6-10(16-20-9)7-17-12-5-3-2-4-11(12)15-14(17)21-8-13(18)19/h2-6H,7-8H2,1H3,(H,18,19). The summed E-state index contributed by atoms with van der Waals surface area (Å²) < 4.78 is 7.04. The second-order valence-corrected chi connectivity index (χ2v) is 5.52. The molecule has 21 heavy (non-hydrogen) atoms. The number of aryl methyl sites for hydroxylation is 1. The third-order valence-electron chi connectivity index (χ3n) is 2.94. The fourth-order valence-corrected chi connectivity index (χ4v) is 2.83. The van der Waals surface area contributed by atoms with Gasteiger partial charge in [-0.15, -0.1) is 0 Å². The van der Waals surface area contributed by atoms with Gasteiger partial charge in [-0.25, -0.2) is 4.98 Å². The molecule has 2 heterocycles. The van der Waals surface area contributed by atoms with Crippen molar-refractivity contribution in [3.05, 3.63) is 41.8 Å². The summed E-state index contributed by atoms with van der Waals surface area (Å²) in [6, 6.07) is 9.57. The lowest BCUT2D eigenvalue weighted by Crippen LogP contribution is -2.04. The normalized spacial score (nSPS) is 11.1. The van der Waals surface area contributed by atoms with Gasteiger partial charge in [-0.3, -0.25) is 4.79 Å². The smallest absolute Gasteiger partial charge is 0.313 e. The molecule has 0 fully saturated rings. The average Bonchev–Trinajstić information content (AvgIpc) is 3.01. The van der Waals surface area contributed by atoms with E-state index in [1.165, 1.54) is 11.8 Å². The number of nitrogens with zero attached hydrogens (tertiary/aromatic N) is 3. The SMILES string of the molecule is Cc1cc(Cn2c(SCC(=O)O)nc3ccccc32)no1. The quantitative estimate of drug-likeness (QED) is 0.730. The molecular weight excluding hydrogens is 290 g/mol. The number of para-hydroxylation sites is 2. The molecule has 0 aliphatic carbocycles. The molecule has 0 radical (unpaired) electrons. The lowest BCUT2D eigenvalue weighted by molar-refractivity contribution is -0.133. The summed E-state index contributed by atoms with van der Waals surface area (Å²) in [4.78, 5) is 15.3. The molecule has 3 aromatic rings. The summed E-state index contributed by atoms with van der Waals surface area (Å²) in [5, 5.41) is 13.5. The largest absolute Gasteiger partial charge is 0.481 e. The first-order chi connectivity index (χ1) is 10.1. The lowest BCUT2D eigenvalue weighted by Gasteiger charge is -2.05. The van der Waals surface area contributed by atoms with Crippen LogP contribution in [0.15, 0.2) is 40.0 Å². The van der Waals surface area contributed by atoms with Gasteiger partial charge in [0, 0.05) is 6.07 Å². The summed E-state index contributed by atoms with van der Waals surface area (Å²) in [6.07, 6.45) is 0. The third kappa shape index (κ3) is 2.92. The summed E-state index contributed by atoms with van der Waals surface area (Å²) in [6.45, 7) is 2.34. The number of carboxylic acids is 1. The van der Waals surface area contributed by atoms with E-state index in [2.05, 4.69) is 10.1 Å². The van der Waals surface area contributed by atoms with Gasteiger partial charge >= 0.3 is 5.97 Å². The molecule has 0 atom stereocenters. The Morgan fingerprint density at radius 3 is 2.95 bits per heavy atom. The second kappa shape index (κ2) is 5.61. The van der Waals surface area contributed by atoms with E-state index < -0.39 is 5.97 Å². The van der Waals surface area contributed by atoms with Crippen LogP contribution in [-0.2, 0) is 11.3 Å². The maximum absolute atomic E-state index is 10.8. The Labute approximate surface area is 124 Å². The molecule has 108 valence electrons. The molecule has 6 nitrogen and oxygen atoms in total. The van der Waals surface area contributed by atoms with Crippen molar-refractivity contribution in [3.8, 4) is 0 Å². The van der Waals surface area contributed by atoms with Crippen molar-refractivity contribution >= 4 is 28.8 Å². The zero-order valence-corrected chi connectivity index (χ0v) is 12.1. The van der Waals surface area contributed by atoms with Crippen molar-refractivity contribution in [1.82, 2.24) is 14.7 Å². The van der Waals surface area contributed by atoms with E-state index in [-0.39, 0.29) is 5.75 Å². The van der Waals surface area contributed by atoms with E-state index in [1.54, 1.807) is 0 Å². The van der Waals surface area contributed by atoms with Crippen LogP contribution in [0.4, 0.5) is 0 Å². The number of hydrogen-bond acceptors (Lipinski definition) is 5. The number of aliphatic carboxylic acids is 1. The molecule has 0 unspecified atom stereocenters. The first-order valence-electron chi connectivity index (χ1n) is 6.35. The van der Waals surface area contributed by atoms with Crippen LogP contribution in [0, 0.1) is 6.92 Å². The van der Waals surface area contributed by atoms with Gasteiger partial charge in [0.05, 0.1) is 23.3 Å². The third-order valence-corrected chi connectivity index (χ3v) is 3.90. The van der Waals surface area contributed by atoms with E-state index in [9.17, 15) is 4.79 Å². The Hall–Kier alpha value is -2.28. The Balaban J connectivity index is 2.00. The van der Waals surface area contributed by atoms with Gasteiger partial charge in [0.25, 0.3) is 0 Å². The van der Waals surface area contributed by atoms with Gasteiger partial charge in [-0.2, -0.15) is 0 Å². The predicted molar refractivity (Wildman–Crippen MR) is 78.4 cm³/mol. The number of carboxylic acid groups (broad SMARTS) is 1. The molecule has 0 saturated heterocycles. The van der Waals surface area contributed by atoms with Gasteiger partial charge < -0.3 is 14.2 Å². The van der Waals surface area contributed by atoms with Crippen molar-refractivity contribution in [1.29, 1.82) is 0 Å². The molecule has 0 saturated carbocycles. The molecule has 1 aromatic carbocycles. The molecule has 7 heteroatoms. The van der Waals surface area contributed by atoms with Crippen LogP contribution in [-0.4, -0.2) is 31.5 Å². The molecule has 0 bridgehead atoms. The molecule has 2 aromatic heterocycles. The topological polar surface area (TPSA) is 81.2 Å². The van der Waals surface area contributed by atoms with E-state index in [0.29, 0.717) is 11.7 Å². The lowest BCUT2D eigenvalue weighted by atomic mass is 10.3. The van der Waals surface area contributed by atoms with Crippen LogP contribution < -0.4 is 0 Å². The van der Waals surface area contributed by atoms with Crippen LogP contribution in [0.5, 0.6) is 0 Å². The van der Waals surface area contributed by atoms with Gasteiger partial charge in [-0.1, -0.05) is 29.1 Å². The van der Waals surface area contributed by atoms with E-state index >= 15 is 0 Å². The van der Waals surface area contributed by atoms with E-state index in [4.69, 9.17) is 9.63 Å². The number of rotatable bonds is 5.